The topological polar surface area (TPSA) is 66.5 Å². The van der Waals surface area contributed by atoms with Crippen molar-refractivity contribution in [3.8, 4) is 0 Å². The summed E-state index contributed by atoms with van der Waals surface area (Å²) < 4.78 is 27.0. The number of piperidine rings is 1. The number of sulfonamides is 1. The van der Waals surface area contributed by atoms with E-state index in [1.165, 1.54) is 13.0 Å². The molecule has 1 atom stereocenters. The van der Waals surface area contributed by atoms with Crippen LogP contribution in [-0.4, -0.2) is 31.9 Å². The van der Waals surface area contributed by atoms with Crippen molar-refractivity contribution in [1.29, 1.82) is 0 Å². The molecule has 0 radical (unpaired) electrons. The Morgan fingerprint density at radius 3 is 2.62 bits per heavy atom. The first-order valence-electron chi connectivity index (χ1n) is 8.11. The number of halogens is 1. The van der Waals surface area contributed by atoms with Gasteiger partial charge in [0, 0.05) is 17.6 Å². The van der Waals surface area contributed by atoms with Gasteiger partial charge in [0.15, 0.2) is 0 Å². The Morgan fingerprint density at radius 2 is 2.00 bits per heavy atom. The van der Waals surface area contributed by atoms with Crippen molar-refractivity contribution in [2.45, 2.75) is 45.6 Å². The molecule has 0 bridgehead atoms. The van der Waals surface area contributed by atoms with Crippen LogP contribution >= 0.6 is 11.6 Å². The number of nitrogens with one attached hydrogen (secondary N) is 1. The molecule has 1 unspecified atom stereocenters. The van der Waals surface area contributed by atoms with E-state index in [9.17, 15) is 13.2 Å². The Hall–Kier alpha value is -1.53. The molecule has 24 heavy (non-hydrogen) atoms. The Morgan fingerprint density at radius 1 is 1.33 bits per heavy atom. The standard InChI is InChI=1S/C17H23ClN2O3S/c1-3-16-6-4-5-11-20(16)17(21)19-24(22,23)13(2)12-14-7-9-15(18)10-8-14/h7-10,12,16H,3-6,11H2,1-2H3,(H,19,21)/b13-12+. The lowest BCUT2D eigenvalue weighted by molar-refractivity contribution is 0.154. The Kier molecular flexibility index (Phi) is 6.29. The molecule has 2 amide bonds. The molecule has 1 aliphatic heterocycles. The molecule has 1 aliphatic rings. The molecule has 0 saturated carbocycles. The van der Waals surface area contributed by atoms with Gasteiger partial charge in [-0.2, -0.15) is 0 Å². The fourth-order valence-corrected chi connectivity index (χ4v) is 3.74. The molecular formula is C17H23ClN2O3S. The predicted molar refractivity (Wildman–Crippen MR) is 97.2 cm³/mol. The summed E-state index contributed by atoms with van der Waals surface area (Å²) in [5.74, 6) is 0. The van der Waals surface area contributed by atoms with Crippen LogP contribution in [0.2, 0.25) is 5.02 Å². The minimum Gasteiger partial charge on any atom is -0.321 e. The highest BCUT2D eigenvalue weighted by Gasteiger charge is 2.28. The van der Waals surface area contributed by atoms with Crippen molar-refractivity contribution >= 4 is 33.7 Å². The van der Waals surface area contributed by atoms with E-state index in [1.54, 1.807) is 29.2 Å². The summed E-state index contributed by atoms with van der Waals surface area (Å²) in [6, 6.07) is 6.39. The smallest absolute Gasteiger partial charge is 0.321 e. The molecule has 5 nitrogen and oxygen atoms in total. The molecule has 1 saturated heterocycles. The normalized spacial score (nSPS) is 19.2. The Bertz CT molecular complexity index is 714. The van der Waals surface area contributed by atoms with Crippen molar-refractivity contribution < 1.29 is 13.2 Å². The largest absolute Gasteiger partial charge is 0.331 e. The molecular weight excluding hydrogens is 348 g/mol. The van der Waals surface area contributed by atoms with Gasteiger partial charge in [0.05, 0.1) is 4.91 Å². The van der Waals surface area contributed by atoms with E-state index >= 15 is 0 Å². The van der Waals surface area contributed by atoms with E-state index in [0.717, 1.165) is 25.7 Å². The third kappa shape index (κ3) is 4.74. The minimum atomic E-state index is -3.86. The van der Waals surface area contributed by atoms with E-state index in [2.05, 4.69) is 4.72 Å². The average Bonchev–Trinajstić information content (AvgIpc) is 2.56. The van der Waals surface area contributed by atoms with Crippen molar-refractivity contribution in [3.63, 3.8) is 0 Å². The summed E-state index contributed by atoms with van der Waals surface area (Å²) in [5.41, 5.74) is 0.708. The number of rotatable bonds is 4. The molecule has 1 aromatic carbocycles. The summed E-state index contributed by atoms with van der Waals surface area (Å²) in [4.78, 5) is 14.1. The third-order valence-corrected chi connectivity index (χ3v) is 5.91. The number of allylic oxidation sites excluding steroid dienone is 1. The minimum absolute atomic E-state index is 0.0863. The highest BCUT2D eigenvalue weighted by atomic mass is 35.5. The quantitative estimate of drug-likeness (QED) is 0.870. The van der Waals surface area contributed by atoms with E-state index in [0.29, 0.717) is 17.1 Å². The van der Waals surface area contributed by atoms with Gasteiger partial charge in [-0.15, -0.1) is 0 Å². The number of urea groups is 1. The van der Waals surface area contributed by atoms with Gasteiger partial charge < -0.3 is 4.90 Å². The predicted octanol–water partition coefficient (Wildman–Crippen LogP) is 4.00. The SMILES string of the molecule is CCC1CCCCN1C(=O)NS(=O)(=O)/C(C)=C/c1ccc(Cl)cc1. The highest BCUT2D eigenvalue weighted by Crippen LogP contribution is 2.20. The summed E-state index contributed by atoms with van der Waals surface area (Å²) in [5, 5.41) is 0.580. The number of amides is 2. The lowest BCUT2D eigenvalue weighted by Crippen LogP contribution is -2.49. The number of likely N-dealkylation sites (tertiary alicyclic amines) is 1. The van der Waals surface area contributed by atoms with E-state index in [1.807, 2.05) is 6.92 Å². The number of hydrogen-bond donors (Lipinski definition) is 1. The summed E-state index contributed by atoms with van der Waals surface area (Å²) in [6.07, 6.45) is 5.24. The number of hydrogen-bond acceptors (Lipinski definition) is 3. The second kappa shape index (κ2) is 8.03. The highest BCUT2D eigenvalue weighted by molar-refractivity contribution is 7.94. The Labute approximate surface area is 148 Å². The zero-order chi connectivity index (χ0) is 17.7. The maximum absolute atomic E-state index is 12.4. The van der Waals surface area contributed by atoms with Gasteiger partial charge in [-0.3, -0.25) is 0 Å². The van der Waals surface area contributed by atoms with Gasteiger partial charge >= 0.3 is 6.03 Å². The van der Waals surface area contributed by atoms with Crippen molar-refractivity contribution in [2.24, 2.45) is 0 Å². The van der Waals surface area contributed by atoms with Gasteiger partial charge in [0.25, 0.3) is 10.0 Å². The van der Waals surface area contributed by atoms with E-state index in [4.69, 9.17) is 11.6 Å². The second-order valence-electron chi connectivity index (χ2n) is 5.97. The lowest BCUT2D eigenvalue weighted by atomic mass is 10.0. The van der Waals surface area contributed by atoms with Crippen LogP contribution in [0.4, 0.5) is 4.79 Å². The lowest BCUT2D eigenvalue weighted by Gasteiger charge is -2.35. The monoisotopic (exact) mass is 370 g/mol. The maximum Gasteiger partial charge on any atom is 0.331 e. The molecule has 7 heteroatoms. The number of nitrogens with zero attached hydrogens (tertiary/aromatic N) is 1. The third-order valence-electron chi connectivity index (χ3n) is 4.24. The van der Waals surface area contributed by atoms with Crippen LogP contribution in [0.5, 0.6) is 0 Å². The molecule has 1 N–H and O–H groups in total. The molecule has 0 aliphatic carbocycles. The van der Waals surface area contributed by atoms with Crippen LogP contribution in [0.3, 0.4) is 0 Å². The van der Waals surface area contributed by atoms with Crippen molar-refractivity contribution in [1.82, 2.24) is 9.62 Å². The second-order valence-corrected chi connectivity index (χ2v) is 8.26. The van der Waals surface area contributed by atoms with Crippen LogP contribution in [0.1, 0.15) is 45.1 Å². The van der Waals surface area contributed by atoms with Crippen molar-refractivity contribution in [2.75, 3.05) is 6.54 Å². The number of carbonyl (C=O) groups is 1. The van der Waals surface area contributed by atoms with Crippen LogP contribution in [0.15, 0.2) is 29.2 Å². The maximum atomic E-state index is 12.4. The fraction of sp³-hybridized carbons (Fsp3) is 0.471. The Balaban J connectivity index is 2.11. The van der Waals surface area contributed by atoms with Gasteiger partial charge in [0.1, 0.15) is 0 Å². The molecule has 2 rings (SSSR count). The van der Waals surface area contributed by atoms with Gasteiger partial charge in [0.2, 0.25) is 0 Å². The van der Waals surface area contributed by atoms with Crippen molar-refractivity contribution in [3.05, 3.63) is 39.8 Å². The molecule has 132 valence electrons. The molecule has 1 aromatic rings. The number of carbonyl (C=O) groups excluding carboxylic acids is 1. The van der Waals surface area contributed by atoms with Gasteiger partial charge in [-0.05, 0) is 56.4 Å². The summed E-state index contributed by atoms with van der Waals surface area (Å²) in [6.45, 7) is 4.08. The van der Waals surface area contributed by atoms with Crippen LogP contribution < -0.4 is 4.72 Å². The van der Waals surface area contributed by atoms with Crippen LogP contribution in [0, 0.1) is 0 Å². The van der Waals surface area contributed by atoms with Crippen LogP contribution in [-0.2, 0) is 10.0 Å². The zero-order valence-electron chi connectivity index (χ0n) is 14.0. The van der Waals surface area contributed by atoms with E-state index < -0.39 is 16.1 Å². The van der Waals surface area contributed by atoms with Gasteiger partial charge in [-0.25, -0.2) is 17.9 Å². The first-order chi connectivity index (χ1) is 11.3. The molecule has 0 spiro atoms. The first kappa shape index (κ1) is 18.8. The zero-order valence-corrected chi connectivity index (χ0v) is 15.5. The number of benzene rings is 1. The summed E-state index contributed by atoms with van der Waals surface area (Å²) >= 11 is 5.82. The fourth-order valence-electron chi connectivity index (χ4n) is 2.82. The molecule has 1 heterocycles. The average molecular weight is 371 g/mol. The molecule has 1 fully saturated rings. The summed E-state index contributed by atoms with van der Waals surface area (Å²) in [7, 11) is -3.86. The molecule has 0 aromatic heterocycles. The van der Waals surface area contributed by atoms with Gasteiger partial charge in [-0.1, -0.05) is 30.7 Å². The first-order valence-corrected chi connectivity index (χ1v) is 9.97. The van der Waals surface area contributed by atoms with Crippen LogP contribution in [0.25, 0.3) is 6.08 Å². The van der Waals surface area contributed by atoms with E-state index in [-0.39, 0.29) is 10.9 Å².